The second-order valence-electron chi connectivity index (χ2n) is 10.9. The summed E-state index contributed by atoms with van der Waals surface area (Å²) >= 11 is 1.57. The minimum Gasteiger partial charge on any atom is -0.497 e. The van der Waals surface area contributed by atoms with Gasteiger partial charge in [-0.1, -0.05) is 50.3 Å². The zero-order valence-corrected chi connectivity index (χ0v) is 26.5. The number of carbonyl (C=O) groups is 3. The maximum Gasteiger partial charge on any atom is 0.408 e. The summed E-state index contributed by atoms with van der Waals surface area (Å²) in [4.78, 5) is 42.8. The predicted molar refractivity (Wildman–Crippen MR) is 171 cm³/mol. The number of methoxy groups -OCH3 is 1. The molecular weight excluding hydrogens is 550 g/mol. The SMILES string of the molecule is C#Cc1ccccc1C(C(=O)Nc1ccc(OC)cc1)N(CCCCCC)C(=O)C(CCSC)NC(=O)OC(C)(C)C. The van der Waals surface area contributed by atoms with Gasteiger partial charge in [0, 0.05) is 17.8 Å². The molecule has 2 unspecified atom stereocenters. The number of hydrogen-bond donors (Lipinski definition) is 2. The zero-order valence-electron chi connectivity index (χ0n) is 25.7. The Kier molecular flexibility index (Phi) is 14.3. The molecule has 2 atom stereocenters. The molecule has 0 saturated carbocycles. The first-order chi connectivity index (χ1) is 20.0. The topological polar surface area (TPSA) is 97.0 Å². The lowest BCUT2D eigenvalue weighted by Gasteiger charge is -2.35. The van der Waals surface area contributed by atoms with E-state index in [-0.39, 0.29) is 5.91 Å². The van der Waals surface area contributed by atoms with Gasteiger partial charge in [0.2, 0.25) is 5.91 Å². The third-order valence-electron chi connectivity index (χ3n) is 6.46. The monoisotopic (exact) mass is 595 g/mol. The van der Waals surface area contributed by atoms with E-state index in [1.807, 2.05) is 6.26 Å². The van der Waals surface area contributed by atoms with Crippen LogP contribution >= 0.6 is 11.8 Å². The van der Waals surface area contributed by atoms with Crippen LogP contribution in [0.1, 0.15) is 77.0 Å². The summed E-state index contributed by atoms with van der Waals surface area (Å²) in [6.07, 6.45) is 11.1. The third-order valence-corrected chi connectivity index (χ3v) is 7.11. The number of ether oxygens (including phenoxy) is 2. The Balaban J connectivity index is 2.57. The molecular formula is C33H45N3O5S. The van der Waals surface area contributed by atoms with Crippen molar-refractivity contribution in [3.05, 3.63) is 59.7 Å². The molecule has 3 amide bonds. The van der Waals surface area contributed by atoms with Crippen LogP contribution in [0.25, 0.3) is 0 Å². The van der Waals surface area contributed by atoms with Gasteiger partial charge in [0.25, 0.3) is 5.91 Å². The number of nitrogens with one attached hydrogen (secondary N) is 2. The Labute approximate surface area is 255 Å². The van der Waals surface area contributed by atoms with Gasteiger partial charge in [-0.2, -0.15) is 11.8 Å². The minimum absolute atomic E-state index is 0.310. The van der Waals surface area contributed by atoms with Crippen molar-refractivity contribution in [3.63, 3.8) is 0 Å². The Morgan fingerprint density at radius 1 is 1.05 bits per heavy atom. The van der Waals surface area contributed by atoms with Crippen molar-refractivity contribution in [1.82, 2.24) is 10.2 Å². The van der Waals surface area contributed by atoms with Crippen molar-refractivity contribution in [1.29, 1.82) is 0 Å². The van der Waals surface area contributed by atoms with Crippen LogP contribution in [0.3, 0.4) is 0 Å². The Hall–Kier alpha value is -3.64. The van der Waals surface area contributed by atoms with E-state index in [0.717, 1.165) is 19.3 Å². The van der Waals surface area contributed by atoms with Crippen LogP contribution in [0.2, 0.25) is 0 Å². The standard InChI is InChI=1S/C33H45N3O5S/c1-8-10-11-14-22-36(31(38)28(21-23-42-7)35-32(39)41-33(3,4)5)29(27-16-13-12-15-24(27)9-2)30(37)34-25-17-19-26(40-6)20-18-25/h2,12-13,15-20,28-29H,8,10-11,14,21-23H2,1,3-7H3,(H,34,37)(H,35,39). The summed E-state index contributed by atoms with van der Waals surface area (Å²) < 4.78 is 10.7. The highest BCUT2D eigenvalue weighted by atomic mass is 32.2. The zero-order chi connectivity index (χ0) is 31.1. The molecule has 228 valence electrons. The fourth-order valence-corrected chi connectivity index (χ4v) is 4.89. The van der Waals surface area contributed by atoms with Gasteiger partial charge in [-0.3, -0.25) is 9.59 Å². The lowest BCUT2D eigenvalue weighted by atomic mass is 9.96. The van der Waals surface area contributed by atoms with Crippen LogP contribution in [0.4, 0.5) is 10.5 Å². The Morgan fingerprint density at radius 3 is 2.33 bits per heavy atom. The lowest BCUT2D eigenvalue weighted by Crippen LogP contribution is -2.53. The lowest BCUT2D eigenvalue weighted by molar-refractivity contribution is -0.141. The summed E-state index contributed by atoms with van der Waals surface area (Å²) in [5.74, 6) is 3.17. The van der Waals surface area contributed by atoms with Crippen molar-refractivity contribution in [2.45, 2.75) is 77.5 Å². The second-order valence-corrected chi connectivity index (χ2v) is 11.9. The van der Waals surface area contributed by atoms with Gasteiger partial charge < -0.3 is 25.0 Å². The number of carbonyl (C=O) groups excluding carboxylic acids is 3. The van der Waals surface area contributed by atoms with Gasteiger partial charge >= 0.3 is 6.09 Å². The number of amides is 3. The third kappa shape index (κ3) is 11.0. The number of alkyl carbamates (subject to hydrolysis) is 1. The molecule has 0 aliphatic rings. The van der Waals surface area contributed by atoms with Crippen molar-refractivity contribution in [2.75, 3.05) is 31.0 Å². The maximum absolute atomic E-state index is 14.4. The fourth-order valence-electron chi connectivity index (χ4n) is 4.42. The molecule has 0 saturated heterocycles. The van der Waals surface area contributed by atoms with Crippen molar-refractivity contribution >= 4 is 35.4 Å². The maximum atomic E-state index is 14.4. The molecule has 0 aromatic heterocycles. The van der Waals surface area contributed by atoms with E-state index in [2.05, 4.69) is 23.5 Å². The Bertz CT molecular complexity index is 1200. The quantitative estimate of drug-likeness (QED) is 0.182. The van der Waals surface area contributed by atoms with Crippen molar-refractivity contribution < 1.29 is 23.9 Å². The molecule has 0 radical (unpaired) electrons. The van der Waals surface area contributed by atoms with Gasteiger partial charge in [-0.15, -0.1) is 6.42 Å². The molecule has 0 spiro atoms. The molecule has 2 N–H and O–H groups in total. The number of anilines is 1. The fraction of sp³-hybridized carbons (Fsp3) is 0.485. The molecule has 8 nitrogen and oxygen atoms in total. The van der Waals surface area contributed by atoms with Gasteiger partial charge in [0.15, 0.2) is 0 Å². The molecule has 0 bridgehead atoms. The van der Waals surface area contributed by atoms with Gasteiger partial charge in [0.1, 0.15) is 23.4 Å². The Morgan fingerprint density at radius 2 is 1.74 bits per heavy atom. The van der Waals surface area contributed by atoms with Gasteiger partial charge in [-0.25, -0.2) is 4.79 Å². The average molecular weight is 596 g/mol. The van der Waals surface area contributed by atoms with Crippen LogP contribution in [-0.2, 0) is 14.3 Å². The van der Waals surface area contributed by atoms with Crippen LogP contribution in [0.15, 0.2) is 48.5 Å². The van der Waals surface area contributed by atoms with Crippen LogP contribution < -0.4 is 15.4 Å². The normalized spacial score (nSPS) is 12.4. The number of terminal acetylenes is 1. The highest BCUT2D eigenvalue weighted by molar-refractivity contribution is 7.98. The predicted octanol–water partition coefficient (Wildman–Crippen LogP) is 6.41. The molecule has 42 heavy (non-hydrogen) atoms. The van der Waals surface area contributed by atoms with Crippen LogP contribution in [0, 0.1) is 12.3 Å². The highest BCUT2D eigenvalue weighted by Crippen LogP contribution is 2.28. The minimum atomic E-state index is -1.04. The van der Waals surface area contributed by atoms with E-state index in [9.17, 15) is 14.4 Å². The first kappa shape index (κ1) is 34.6. The molecule has 0 fully saturated rings. The smallest absolute Gasteiger partial charge is 0.408 e. The largest absolute Gasteiger partial charge is 0.497 e. The molecule has 0 aliphatic carbocycles. The van der Waals surface area contributed by atoms with E-state index >= 15 is 0 Å². The number of thioether (sulfide) groups is 1. The first-order valence-electron chi connectivity index (χ1n) is 14.3. The number of rotatable bonds is 15. The molecule has 2 aromatic carbocycles. The number of nitrogens with zero attached hydrogens (tertiary/aromatic N) is 1. The van der Waals surface area contributed by atoms with E-state index in [1.54, 1.807) is 93.1 Å². The highest BCUT2D eigenvalue weighted by Gasteiger charge is 2.37. The molecule has 9 heteroatoms. The number of benzene rings is 2. The molecule has 2 rings (SSSR count). The van der Waals surface area contributed by atoms with E-state index < -0.39 is 29.7 Å². The van der Waals surface area contributed by atoms with E-state index in [1.165, 1.54) is 0 Å². The molecule has 0 aliphatic heterocycles. The average Bonchev–Trinajstić information content (AvgIpc) is 2.96. The van der Waals surface area contributed by atoms with Crippen LogP contribution in [0.5, 0.6) is 5.75 Å². The van der Waals surface area contributed by atoms with E-state index in [4.69, 9.17) is 15.9 Å². The van der Waals surface area contributed by atoms with Crippen molar-refractivity contribution in [3.8, 4) is 18.1 Å². The summed E-state index contributed by atoms with van der Waals surface area (Å²) in [6.45, 7) is 7.72. The summed E-state index contributed by atoms with van der Waals surface area (Å²) in [5.41, 5.74) is 0.868. The summed E-state index contributed by atoms with van der Waals surface area (Å²) in [7, 11) is 1.57. The van der Waals surface area contributed by atoms with Gasteiger partial charge in [-0.05, 0) is 81.5 Å². The number of unbranched alkanes of at least 4 members (excludes halogenated alkanes) is 3. The summed E-state index contributed by atoms with van der Waals surface area (Å²) in [5, 5.41) is 5.74. The van der Waals surface area contributed by atoms with Gasteiger partial charge in [0.05, 0.1) is 7.11 Å². The first-order valence-corrected chi connectivity index (χ1v) is 15.7. The second kappa shape index (κ2) is 17.3. The summed E-state index contributed by atoms with van der Waals surface area (Å²) in [6, 6.07) is 12.2. The molecule has 0 heterocycles. The molecule has 2 aromatic rings. The van der Waals surface area contributed by atoms with Crippen molar-refractivity contribution in [2.24, 2.45) is 0 Å². The number of hydrogen-bond acceptors (Lipinski definition) is 6. The van der Waals surface area contributed by atoms with E-state index in [0.29, 0.717) is 47.7 Å². The van der Waals surface area contributed by atoms with Crippen LogP contribution in [-0.4, -0.2) is 60.1 Å².